The van der Waals surface area contributed by atoms with Gasteiger partial charge in [-0.3, -0.25) is 19.2 Å². The minimum atomic E-state index is -1.64. The van der Waals surface area contributed by atoms with Crippen molar-refractivity contribution in [3.63, 3.8) is 0 Å². The molecule has 0 aliphatic carbocycles. The molecule has 3 N–H and O–H groups in total. The summed E-state index contributed by atoms with van der Waals surface area (Å²) in [4.78, 5) is 58.1. The molecule has 0 radical (unpaired) electrons. The minimum Gasteiger partial charge on any atom is -0.481 e. The Balaban J connectivity index is 2.42. The summed E-state index contributed by atoms with van der Waals surface area (Å²) in [6.07, 6.45) is 0.758. The van der Waals surface area contributed by atoms with Crippen LogP contribution in [0, 0.1) is 5.41 Å². The van der Waals surface area contributed by atoms with Gasteiger partial charge < -0.3 is 34.7 Å². The fourth-order valence-electron chi connectivity index (χ4n) is 2.83. The number of esters is 1. The van der Waals surface area contributed by atoms with Crippen molar-refractivity contribution in [2.24, 2.45) is 5.41 Å². The van der Waals surface area contributed by atoms with E-state index in [4.69, 9.17) is 19.3 Å². The van der Waals surface area contributed by atoms with E-state index in [0.717, 1.165) is 23.9 Å². The number of carboxylic acid groups (broad SMARTS) is 1. The number of carbonyl (C=O) groups is 5. The number of rotatable bonds is 13. The van der Waals surface area contributed by atoms with E-state index in [0.29, 0.717) is 5.75 Å². The van der Waals surface area contributed by atoms with Gasteiger partial charge in [-0.15, -0.1) is 0 Å². The first-order valence-corrected chi connectivity index (χ1v) is 11.5. The fourth-order valence-corrected chi connectivity index (χ4v) is 3.40. The van der Waals surface area contributed by atoms with Crippen LogP contribution < -0.4 is 10.6 Å². The van der Waals surface area contributed by atoms with E-state index in [1.54, 1.807) is 13.8 Å². The molecule has 1 aliphatic rings. The van der Waals surface area contributed by atoms with Gasteiger partial charge in [0.15, 0.2) is 0 Å². The van der Waals surface area contributed by atoms with Gasteiger partial charge in [-0.05, 0) is 6.08 Å². The van der Waals surface area contributed by atoms with Crippen molar-refractivity contribution in [1.82, 2.24) is 10.6 Å². The molecular formula is C21H32N2O10S. The Hall–Kier alpha value is -2.48. The summed E-state index contributed by atoms with van der Waals surface area (Å²) in [5.74, 6) is -3.82. The predicted octanol–water partition coefficient (Wildman–Crippen LogP) is 0.205. The van der Waals surface area contributed by atoms with Crippen molar-refractivity contribution in [3.8, 4) is 0 Å². The van der Waals surface area contributed by atoms with Gasteiger partial charge in [-0.2, -0.15) is 0 Å². The summed E-state index contributed by atoms with van der Waals surface area (Å²) >= 11 is 0.931. The molecule has 0 spiro atoms. The molecule has 1 rings (SSSR count). The van der Waals surface area contributed by atoms with E-state index in [-0.39, 0.29) is 50.0 Å². The first kappa shape index (κ1) is 29.6. The maximum Gasteiger partial charge on any atom is 0.330 e. The number of hydrogen-bond donors (Lipinski definition) is 3. The third-order valence-electron chi connectivity index (χ3n) is 4.74. The molecule has 1 heterocycles. The molecule has 12 nitrogen and oxygen atoms in total. The van der Waals surface area contributed by atoms with Crippen molar-refractivity contribution in [2.45, 2.75) is 45.2 Å². The van der Waals surface area contributed by atoms with Crippen molar-refractivity contribution in [3.05, 3.63) is 12.2 Å². The molecule has 2 amide bonds. The van der Waals surface area contributed by atoms with Gasteiger partial charge in [-0.1, -0.05) is 25.6 Å². The number of hydrogen-bond acceptors (Lipinski definition) is 10. The van der Waals surface area contributed by atoms with Crippen LogP contribution in [0.5, 0.6) is 0 Å². The second-order valence-electron chi connectivity index (χ2n) is 7.97. The molecule has 192 valence electrons. The van der Waals surface area contributed by atoms with Crippen LogP contribution in [0.3, 0.4) is 0 Å². The molecule has 0 saturated carbocycles. The molecule has 0 aromatic rings. The average molecular weight is 505 g/mol. The number of ether oxygens (including phenoxy) is 4. The zero-order chi connectivity index (χ0) is 25.8. The van der Waals surface area contributed by atoms with Crippen LogP contribution in [-0.2, 0) is 42.9 Å². The summed E-state index contributed by atoms with van der Waals surface area (Å²) in [5, 5.41) is 13.9. The summed E-state index contributed by atoms with van der Waals surface area (Å²) in [5.41, 5.74) is -0.719. The second kappa shape index (κ2) is 14.0. The van der Waals surface area contributed by atoms with Crippen molar-refractivity contribution in [2.75, 3.05) is 39.7 Å². The Morgan fingerprint density at radius 2 is 1.79 bits per heavy atom. The van der Waals surface area contributed by atoms with Gasteiger partial charge in [0.1, 0.15) is 6.10 Å². The summed E-state index contributed by atoms with van der Waals surface area (Å²) in [6, 6.07) is 0. The van der Waals surface area contributed by atoms with Gasteiger partial charge in [0.25, 0.3) is 5.97 Å². The van der Waals surface area contributed by atoms with E-state index >= 15 is 0 Å². The average Bonchev–Trinajstić information content (AvgIpc) is 2.79. The van der Waals surface area contributed by atoms with Gasteiger partial charge >= 0.3 is 11.9 Å². The topological polar surface area (TPSA) is 167 Å². The molecule has 0 bridgehead atoms. The van der Waals surface area contributed by atoms with Gasteiger partial charge in [0, 0.05) is 50.3 Å². The second-order valence-corrected chi connectivity index (χ2v) is 9.07. The highest BCUT2D eigenvalue weighted by molar-refractivity contribution is 8.14. The van der Waals surface area contributed by atoms with Crippen LogP contribution in [0.2, 0.25) is 0 Å². The van der Waals surface area contributed by atoms with Crippen LogP contribution in [0.25, 0.3) is 0 Å². The normalized spacial score (nSPS) is 21.6. The molecule has 1 fully saturated rings. The van der Waals surface area contributed by atoms with Crippen molar-refractivity contribution < 1.29 is 48.0 Å². The SMILES string of the molecule is COC(=O)/C=C/C(=O)SCCNC(=O)CCNC(=O)[C@@H]1OC(CCC(=O)O)(OC)OCC1(C)C. The maximum atomic E-state index is 12.7. The number of carbonyl (C=O) groups excluding carboxylic acids is 4. The fraction of sp³-hybridized carbons (Fsp3) is 0.667. The summed E-state index contributed by atoms with van der Waals surface area (Å²) in [7, 11) is 2.51. The lowest BCUT2D eigenvalue weighted by atomic mass is 9.85. The minimum absolute atomic E-state index is 0.00464. The monoisotopic (exact) mass is 504 g/mol. The summed E-state index contributed by atoms with van der Waals surface area (Å²) in [6.45, 7) is 3.90. The number of carboxylic acids is 1. The molecule has 0 aromatic carbocycles. The van der Waals surface area contributed by atoms with E-state index in [2.05, 4.69) is 15.4 Å². The third-order valence-corrected chi connectivity index (χ3v) is 5.57. The smallest absolute Gasteiger partial charge is 0.330 e. The first-order chi connectivity index (χ1) is 15.9. The largest absolute Gasteiger partial charge is 0.481 e. The van der Waals surface area contributed by atoms with Crippen LogP contribution in [0.4, 0.5) is 0 Å². The number of methoxy groups -OCH3 is 2. The van der Waals surface area contributed by atoms with Crippen LogP contribution >= 0.6 is 11.8 Å². The van der Waals surface area contributed by atoms with Crippen LogP contribution in [-0.4, -0.2) is 85.7 Å². The maximum absolute atomic E-state index is 12.7. The first-order valence-electron chi connectivity index (χ1n) is 10.5. The predicted molar refractivity (Wildman–Crippen MR) is 120 cm³/mol. The van der Waals surface area contributed by atoms with Crippen LogP contribution in [0.15, 0.2) is 12.2 Å². The highest BCUT2D eigenvalue weighted by Gasteiger charge is 2.50. The Kier molecular flexibility index (Phi) is 12.2. The van der Waals surface area contributed by atoms with E-state index < -0.39 is 35.3 Å². The van der Waals surface area contributed by atoms with E-state index in [1.165, 1.54) is 14.2 Å². The lowest BCUT2D eigenvalue weighted by molar-refractivity contribution is -0.425. The Labute approximate surface area is 202 Å². The molecule has 1 aliphatic heterocycles. The van der Waals surface area contributed by atoms with E-state index in [1.807, 2.05) is 0 Å². The van der Waals surface area contributed by atoms with Crippen molar-refractivity contribution >= 4 is 40.6 Å². The Bertz CT molecular complexity index is 786. The zero-order valence-electron chi connectivity index (χ0n) is 19.7. The lowest BCUT2D eigenvalue weighted by Gasteiger charge is -2.46. The standard InChI is InChI=1S/C21H32N2O10S/c1-20(2)13-32-21(31-4,9-7-15(25)26)33-18(20)19(29)23-10-8-14(24)22-11-12-34-17(28)6-5-16(27)30-3/h5-6,18H,7-13H2,1-4H3,(H,22,24)(H,23,29)(H,25,26)/b6-5+/t18-,21?/m0/s1. The lowest BCUT2D eigenvalue weighted by Crippen LogP contribution is -2.59. The quantitative estimate of drug-likeness (QED) is 0.178. The van der Waals surface area contributed by atoms with Gasteiger partial charge in [0.05, 0.1) is 20.1 Å². The summed E-state index contributed by atoms with van der Waals surface area (Å²) < 4.78 is 21.0. The number of thioether (sulfide) groups is 1. The molecule has 34 heavy (non-hydrogen) atoms. The molecule has 2 atom stereocenters. The number of aliphatic carboxylic acids is 1. The number of nitrogens with one attached hydrogen (secondary N) is 2. The Morgan fingerprint density at radius 1 is 1.09 bits per heavy atom. The van der Waals surface area contributed by atoms with Gasteiger partial charge in [0.2, 0.25) is 16.9 Å². The van der Waals surface area contributed by atoms with Gasteiger partial charge in [-0.25, -0.2) is 4.79 Å². The van der Waals surface area contributed by atoms with Crippen molar-refractivity contribution in [1.29, 1.82) is 0 Å². The van der Waals surface area contributed by atoms with E-state index in [9.17, 15) is 24.0 Å². The third kappa shape index (κ3) is 10.2. The zero-order valence-corrected chi connectivity index (χ0v) is 20.5. The molecule has 1 saturated heterocycles. The molecule has 1 unspecified atom stereocenters. The highest BCUT2D eigenvalue weighted by atomic mass is 32.2. The molecular weight excluding hydrogens is 472 g/mol. The number of amides is 2. The highest BCUT2D eigenvalue weighted by Crippen LogP contribution is 2.38. The Morgan fingerprint density at radius 3 is 2.41 bits per heavy atom. The molecule has 0 aromatic heterocycles. The van der Waals surface area contributed by atoms with Crippen LogP contribution in [0.1, 0.15) is 33.1 Å². The molecule has 13 heteroatoms.